The average Bonchev–Trinajstić information content (AvgIpc) is 2.72. The highest BCUT2D eigenvalue weighted by Crippen LogP contribution is 2.28. The zero-order valence-corrected chi connectivity index (χ0v) is 16.6. The highest BCUT2D eigenvalue weighted by molar-refractivity contribution is 5.95. The Kier molecular flexibility index (Phi) is 8.14. The highest BCUT2D eigenvalue weighted by Gasteiger charge is 2.21. The highest BCUT2D eigenvalue weighted by atomic mass is 35.5. The lowest BCUT2D eigenvalue weighted by atomic mass is 9.82. The third kappa shape index (κ3) is 5.72. The van der Waals surface area contributed by atoms with Gasteiger partial charge in [0.1, 0.15) is 0 Å². The van der Waals surface area contributed by atoms with Crippen LogP contribution in [0, 0.1) is 11.8 Å². The third-order valence-electron chi connectivity index (χ3n) is 5.41. The summed E-state index contributed by atoms with van der Waals surface area (Å²) in [5, 5.41) is 15.4. The Morgan fingerprint density at radius 3 is 2.30 bits per heavy atom. The van der Waals surface area contributed by atoms with Crippen LogP contribution in [-0.2, 0) is 0 Å². The van der Waals surface area contributed by atoms with Crippen molar-refractivity contribution in [2.75, 3.05) is 25.5 Å². The van der Waals surface area contributed by atoms with Crippen molar-refractivity contribution in [1.82, 2.24) is 5.32 Å². The number of carbonyl (C=O) groups excluding carboxylic acids is 1. The summed E-state index contributed by atoms with van der Waals surface area (Å²) in [6.07, 6.45) is 4.30. The van der Waals surface area contributed by atoms with E-state index in [-0.39, 0.29) is 18.3 Å². The molecule has 1 aliphatic rings. The number of hydrogen-bond donors (Lipinski definition) is 3. The predicted molar refractivity (Wildman–Crippen MR) is 114 cm³/mol. The summed E-state index contributed by atoms with van der Waals surface area (Å²) in [5.74, 6) is 0.968. The second-order valence-electron chi connectivity index (χ2n) is 7.19. The van der Waals surface area contributed by atoms with Crippen LogP contribution >= 0.6 is 12.4 Å². The maximum absolute atomic E-state index is 12.5. The predicted octanol–water partition coefficient (Wildman–Crippen LogP) is 4.35. The van der Waals surface area contributed by atoms with Crippen molar-refractivity contribution in [2.45, 2.75) is 25.7 Å². The van der Waals surface area contributed by atoms with Gasteiger partial charge in [0.15, 0.2) is 0 Å². The number of aliphatic hydroxyl groups is 1. The smallest absolute Gasteiger partial charge is 0.251 e. The van der Waals surface area contributed by atoms with Crippen LogP contribution in [0.15, 0.2) is 48.5 Å². The van der Waals surface area contributed by atoms with Crippen molar-refractivity contribution in [2.24, 2.45) is 11.8 Å². The minimum Gasteiger partial charge on any atom is -0.396 e. The minimum atomic E-state index is -0.0111. The molecule has 5 heteroatoms. The maximum atomic E-state index is 12.5. The second kappa shape index (κ2) is 10.3. The fraction of sp³-hybridized carbons (Fsp3) is 0.409. The SMILES string of the molecule is CNc1ccc(-c2cccc(C(=O)NCC3CCC(CO)CC3)c2)cc1.Cl. The molecule has 2 aromatic rings. The van der Waals surface area contributed by atoms with E-state index in [1.807, 2.05) is 43.4 Å². The second-order valence-corrected chi connectivity index (χ2v) is 7.19. The molecular formula is C22H29ClN2O2. The van der Waals surface area contributed by atoms with Gasteiger partial charge in [-0.2, -0.15) is 0 Å². The number of nitrogens with one attached hydrogen (secondary N) is 2. The summed E-state index contributed by atoms with van der Waals surface area (Å²) in [7, 11) is 1.90. The van der Waals surface area contributed by atoms with Gasteiger partial charge in [-0.1, -0.05) is 24.3 Å². The molecule has 0 aromatic heterocycles. The number of anilines is 1. The van der Waals surface area contributed by atoms with Crippen LogP contribution in [0.25, 0.3) is 11.1 Å². The van der Waals surface area contributed by atoms with Gasteiger partial charge in [-0.25, -0.2) is 0 Å². The summed E-state index contributed by atoms with van der Waals surface area (Å²) >= 11 is 0. The van der Waals surface area contributed by atoms with E-state index in [1.165, 1.54) is 0 Å². The van der Waals surface area contributed by atoms with E-state index in [2.05, 4.69) is 22.8 Å². The van der Waals surface area contributed by atoms with E-state index in [4.69, 9.17) is 0 Å². The molecule has 0 unspecified atom stereocenters. The van der Waals surface area contributed by atoms with Gasteiger partial charge in [-0.3, -0.25) is 4.79 Å². The number of benzene rings is 2. The Bertz CT molecular complexity index is 725. The number of carbonyl (C=O) groups is 1. The molecule has 3 rings (SSSR count). The van der Waals surface area contributed by atoms with E-state index >= 15 is 0 Å². The van der Waals surface area contributed by atoms with Crippen molar-refractivity contribution in [3.05, 3.63) is 54.1 Å². The van der Waals surface area contributed by atoms with Crippen molar-refractivity contribution in [1.29, 1.82) is 0 Å². The number of halogens is 1. The first kappa shape index (κ1) is 21.3. The summed E-state index contributed by atoms with van der Waals surface area (Å²) < 4.78 is 0. The molecule has 0 saturated heterocycles. The normalized spacial score (nSPS) is 19.0. The fourth-order valence-corrected chi connectivity index (χ4v) is 3.63. The van der Waals surface area contributed by atoms with Crippen LogP contribution < -0.4 is 10.6 Å². The van der Waals surface area contributed by atoms with Gasteiger partial charge in [-0.15, -0.1) is 12.4 Å². The standard InChI is InChI=1S/C22H28N2O2.ClH/c1-23-21-11-9-18(10-12-21)19-3-2-4-20(13-19)22(26)24-14-16-5-7-17(15-25)8-6-16;/h2-4,9-13,16-17,23,25H,5-8,14-15H2,1H3,(H,24,26);1H. The van der Waals surface area contributed by atoms with Gasteiger partial charge in [0.25, 0.3) is 5.91 Å². The lowest BCUT2D eigenvalue weighted by molar-refractivity contribution is 0.0937. The molecule has 1 aliphatic carbocycles. The van der Waals surface area contributed by atoms with Crippen LogP contribution in [0.5, 0.6) is 0 Å². The monoisotopic (exact) mass is 388 g/mol. The molecule has 0 heterocycles. The molecule has 3 N–H and O–H groups in total. The van der Waals surface area contributed by atoms with E-state index < -0.39 is 0 Å². The zero-order chi connectivity index (χ0) is 18.4. The van der Waals surface area contributed by atoms with Crippen LogP contribution in [0.3, 0.4) is 0 Å². The summed E-state index contributed by atoms with van der Waals surface area (Å²) in [6, 6.07) is 16.0. The van der Waals surface area contributed by atoms with Crippen molar-refractivity contribution in [3.8, 4) is 11.1 Å². The van der Waals surface area contributed by atoms with Crippen LogP contribution in [-0.4, -0.2) is 31.2 Å². The molecule has 1 saturated carbocycles. The number of amides is 1. The minimum absolute atomic E-state index is 0. The molecule has 0 spiro atoms. The van der Waals surface area contributed by atoms with Gasteiger partial charge in [0.05, 0.1) is 0 Å². The summed E-state index contributed by atoms with van der Waals surface area (Å²) in [4.78, 5) is 12.5. The average molecular weight is 389 g/mol. The van der Waals surface area contributed by atoms with E-state index in [9.17, 15) is 9.90 Å². The molecule has 0 aliphatic heterocycles. The van der Waals surface area contributed by atoms with Crippen LogP contribution in [0.4, 0.5) is 5.69 Å². The molecule has 4 nitrogen and oxygen atoms in total. The van der Waals surface area contributed by atoms with E-state index in [1.54, 1.807) is 0 Å². The first-order chi connectivity index (χ1) is 12.7. The Labute approximate surface area is 167 Å². The van der Waals surface area contributed by atoms with Crippen molar-refractivity contribution < 1.29 is 9.90 Å². The Morgan fingerprint density at radius 2 is 1.67 bits per heavy atom. The Hall–Kier alpha value is -2.04. The van der Waals surface area contributed by atoms with Gasteiger partial charge in [0.2, 0.25) is 0 Å². The molecule has 1 amide bonds. The van der Waals surface area contributed by atoms with Gasteiger partial charge < -0.3 is 15.7 Å². The zero-order valence-electron chi connectivity index (χ0n) is 15.8. The molecule has 0 atom stereocenters. The molecule has 0 bridgehead atoms. The first-order valence-electron chi connectivity index (χ1n) is 9.47. The van der Waals surface area contributed by atoms with Crippen LogP contribution in [0.2, 0.25) is 0 Å². The lowest BCUT2D eigenvalue weighted by Gasteiger charge is -2.27. The van der Waals surface area contributed by atoms with Gasteiger partial charge in [-0.05, 0) is 72.9 Å². The number of rotatable bonds is 6. The Balaban J connectivity index is 0.00000261. The topological polar surface area (TPSA) is 61.4 Å². The van der Waals surface area contributed by atoms with Crippen molar-refractivity contribution >= 4 is 24.0 Å². The number of aliphatic hydroxyl groups excluding tert-OH is 1. The fourth-order valence-electron chi connectivity index (χ4n) is 3.63. The lowest BCUT2D eigenvalue weighted by Crippen LogP contribution is -2.31. The molecular weight excluding hydrogens is 360 g/mol. The van der Waals surface area contributed by atoms with Gasteiger partial charge in [0, 0.05) is 31.5 Å². The molecule has 146 valence electrons. The molecule has 0 radical (unpaired) electrons. The van der Waals surface area contributed by atoms with E-state index in [0.29, 0.717) is 24.0 Å². The quantitative estimate of drug-likeness (QED) is 0.689. The Morgan fingerprint density at radius 1 is 1.00 bits per heavy atom. The van der Waals surface area contributed by atoms with Crippen LogP contribution in [0.1, 0.15) is 36.0 Å². The largest absolute Gasteiger partial charge is 0.396 e. The van der Waals surface area contributed by atoms with Gasteiger partial charge >= 0.3 is 0 Å². The van der Waals surface area contributed by atoms with Crippen molar-refractivity contribution in [3.63, 3.8) is 0 Å². The summed E-state index contributed by atoms with van der Waals surface area (Å²) in [5.41, 5.74) is 3.91. The number of hydrogen-bond acceptors (Lipinski definition) is 3. The summed E-state index contributed by atoms with van der Waals surface area (Å²) in [6.45, 7) is 1.01. The molecule has 1 fully saturated rings. The first-order valence-corrected chi connectivity index (χ1v) is 9.47. The molecule has 27 heavy (non-hydrogen) atoms. The maximum Gasteiger partial charge on any atom is 0.251 e. The third-order valence-corrected chi connectivity index (χ3v) is 5.41. The van der Waals surface area contributed by atoms with E-state index in [0.717, 1.165) is 49.0 Å². The molecule has 2 aromatic carbocycles.